The van der Waals surface area contributed by atoms with Crippen molar-refractivity contribution in [2.45, 2.75) is 19.4 Å². The van der Waals surface area contributed by atoms with Crippen molar-refractivity contribution < 1.29 is 10.2 Å². The van der Waals surface area contributed by atoms with Crippen molar-refractivity contribution in [1.29, 1.82) is 0 Å². The number of rotatable bonds is 5. The van der Waals surface area contributed by atoms with Crippen LogP contribution in [0, 0.1) is 0 Å². The molecule has 0 fully saturated rings. The predicted molar refractivity (Wildman–Crippen MR) is 81.0 cm³/mol. The quantitative estimate of drug-likeness (QED) is 0.876. The van der Waals surface area contributed by atoms with E-state index in [2.05, 4.69) is 17.0 Å². The van der Waals surface area contributed by atoms with Crippen molar-refractivity contribution in [1.82, 2.24) is 4.90 Å². The molecule has 2 aromatic carbocycles. The third-order valence-corrected chi connectivity index (χ3v) is 3.74. The Kier molecular flexibility index (Phi) is 4.64. The van der Waals surface area contributed by atoms with Gasteiger partial charge in [-0.1, -0.05) is 36.4 Å². The number of aromatic hydroxyl groups is 2. The van der Waals surface area contributed by atoms with Gasteiger partial charge in [0.15, 0.2) is 0 Å². The lowest BCUT2D eigenvalue weighted by atomic mass is 10.0. The van der Waals surface area contributed by atoms with Gasteiger partial charge in [0.1, 0.15) is 11.5 Å². The normalized spacial score (nSPS) is 12.6. The minimum atomic E-state index is -0.0417. The molecule has 1 unspecified atom stereocenters. The maximum Gasteiger partial charge on any atom is 0.124 e. The first-order valence-corrected chi connectivity index (χ1v) is 6.84. The summed E-state index contributed by atoms with van der Waals surface area (Å²) in [7, 11) is 2.00. The highest BCUT2D eigenvalue weighted by molar-refractivity contribution is 5.44. The van der Waals surface area contributed by atoms with Crippen LogP contribution >= 0.6 is 0 Å². The number of likely N-dealkylation sites (N-methyl/N-ethyl adjacent to an activating group) is 1. The van der Waals surface area contributed by atoms with Gasteiger partial charge in [0.25, 0.3) is 0 Å². The maximum atomic E-state index is 9.91. The van der Waals surface area contributed by atoms with Gasteiger partial charge in [-0.05, 0) is 38.1 Å². The molecule has 2 aromatic rings. The minimum Gasteiger partial charge on any atom is -0.507 e. The van der Waals surface area contributed by atoms with Crippen molar-refractivity contribution in [3.8, 4) is 11.5 Å². The molecule has 0 aliphatic rings. The second-order valence-corrected chi connectivity index (χ2v) is 5.10. The van der Waals surface area contributed by atoms with Crippen molar-refractivity contribution in [3.05, 3.63) is 59.7 Å². The number of hydrogen-bond acceptors (Lipinski definition) is 3. The van der Waals surface area contributed by atoms with Gasteiger partial charge in [-0.2, -0.15) is 0 Å². The smallest absolute Gasteiger partial charge is 0.124 e. The summed E-state index contributed by atoms with van der Waals surface area (Å²) in [5.41, 5.74) is 1.87. The van der Waals surface area contributed by atoms with Crippen molar-refractivity contribution >= 4 is 0 Å². The molecule has 0 aliphatic carbocycles. The van der Waals surface area contributed by atoms with Crippen LogP contribution in [0.25, 0.3) is 0 Å². The average Bonchev–Trinajstić information content (AvgIpc) is 2.45. The standard InChI is InChI=1S/C17H21NO2/c1-13(17-15(19)9-6-10-16(17)20)18(2)12-11-14-7-4-3-5-8-14/h3-10,13,19-20H,11-12H2,1-2H3. The molecule has 0 spiro atoms. The lowest BCUT2D eigenvalue weighted by molar-refractivity contribution is 0.253. The molecule has 106 valence electrons. The molecule has 3 nitrogen and oxygen atoms in total. The molecular formula is C17H21NO2. The molecule has 3 heteroatoms. The Hall–Kier alpha value is -2.00. The van der Waals surface area contributed by atoms with Crippen molar-refractivity contribution in [3.63, 3.8) is 0 Å². The summed E-state index contributed by atoms with van der Waals surface area (Å²) in [5, 5.41) is 19.8. The zero-order chi connectivity index (χ0) is 14.5. The van der Waals surface area contributed by atoms with Crippen LogP contribution in [0.2, 0.25) is 0 Å². The van der Waals surface area contributed by atoms with Gasteiger partial charge < -0.3 is 10.2 Å². The molecule has 2 N–H and O–H groups in total. The van der Waals surface area contributed by atoms with Crippen LogP contribution in [0.15, 0.2) is 48.5 Å². The highest BCUT2D eigenvalue weighted by atomic mass is 16.3. The predicted octanol–water partition coefficient (Wildman–Crippen LogP) is 3.33. The molecule has 0 radical (unpaired) electrons. The van der Waals surface area contributed by atoms with Crippen LogP contribution in [0.3, 0.4) is 0 Å². The van der Waals surface area contributed by atoms with E-state index in [4.69, 9.17) is 0 Å². The van der Waals surface area contributed by atoms with Gasteiger partial charge in [0.05, 0.1) is 5.56 Å². The van der Waals surface area contributed by atoms with Crippen LogP contribution in [-0.4, -0.2) is 28.7 Å². The summed E-state index contributed by atoms with van der Waals surface area (Å²) in [6.07, 6.45) is 0.941. The molecule has 0 saturated carbocycles. The Morgan fingerprint density at radius 3 is 2.15 bits per heavy atom. The summed E-state index contributed by atoms with van der Waals surface area (Å²) in [6.45, 7) is 2.85. The summed E-state index contributed by atoms with van der Waals surface area (Å²) < 4.78 is 0. The van der Waals surface area contributed by atoms with Gasteiger partial charge in [0, 0.05) is 12.6 Å². The topological polar surface area (TPSA) is 43.7 Å². The molecule has 2 rings (SSSR count). The molecule has 0 saturated heterocycles. The van der Waals surface area contributed by atoms with Gasteiger partial charge in [-0.15, -0.1) is 0 Å². The summed E-state index contributed by atoms with van der Waals surface area (Å²) in [5.74, 6) is 0.285. The van der Waals surface area contributed by atoms with Crippen LogP contribution < -0.4 is 0 Å². The van der Waals surface area contributed by atoms with E-state index in [1.165, 1.54) is 5.56 Å². The summed E-state index contributed by atoms with van der Waals surface area (Å²) in [6, 6.07) is 15.1. The Balaban J connectivity index is 2.03. The monoisotopic (exact) mass is 271 g/mol. The number of hydrogen-bond donors (Lipinski definition) is 2. The first kappa shape index (κ1) is 14.4. The van der Waals surface area contributed by atoms with Crippen LogP contribution in [0.1, 0.15) is 24.1 Å². The van der Waals surface area contributed by atoms with Gasteiger partial charge >= 0.3 is 0 Å². The largest absolute Gasteiger partial charge is 0.507 e. The van der Waals surface area contributed by atoms with Crippen molar-refractivity contribution in [2.75, 3.05) is 13.6 Å². The molecule has 1 atom stereocenters. The SMILES string of the molecule is CC(c1c(O)cccc1O)N(C)CCc1ccccc1. The highest BCUT2D eigenvalue weighted by Gasteiger charge is 2.18. The lowest BCUT2D eigenvalue weighted by Gasteiger charge is -2.26. The van der Waals surface area contributed by atoms with E-state index >= 15 is 0 Å². The lowest BCUT2D eigenvalue weighted by Crippen LogP contribution is -2.25. The Labute approximate surface area is 120 Å². The van der Waals surface area contributed by atoms with Crippen molar-refractivity contribution in [2.24, 2.45) is 0 Å². The number of benzene rings is 2. The van der Waals surface area contributed by atoms with Gasteiger partial charge in [0.2, 0.25) is 0 Å². The molecule has 0 amide bonds. The first-order valence-electron chi connectivity index (χ1n) is 6.84. The third-order valence-electron chi connectivity index (χ3n) is 3.74. The second kappa shape index (κ2) is 6.44. The van der Waals surface area contributed by atoms with Crippen LogP contribution in [0.4, 0.5) is 0 Å². The van der Waals surface area contributed by atoms with E-state index in [-0.39, 0.29) is 17.5 Å². The molecule has 0 aromatic heterocycles. The summed E-state index contributed by atoms with van der Waals surface area (Å²) >= 11 is 0. The molecule has 0 aliphatic heterocycles. The van der Waals surface area contributed by atoms with E-state index in [0.717, 1.165) is 13.0 Å². The summed E-state index contributed by atoms with van der Waals surface area (Å²) in [4.78, 5) is 2.13. The number of phenolic OH excluding ortho intramolecular Hbond substituents is 2. The number of phenols is 2. The minimum absolute atomic E-state index is 0.0417. The second-order valence-electron chi connectivity index (χ2n) is 5.10. The highest BCUT2D eigenvalue weighted by Crippen LogP contribution is 2.34. The van der Waals surface area contributed by atoms with Gasteiger partial charge in [-0.3, -0.25) is 4.90 Å². The Morgan fingerprint density at radius 2 is 1.55 bits per heavy atom. The van der Waals surface area contributed by atoms with Crippen LogP contribution in [0.5, 0.6) is 11.5 Å². The van der Waals surface area contributed by atoms with E-state index in [1.54, 1.807) is 18.2 Å². The van der Waals surface area contributed by atoms with E-state index in [9.17, 15) is 10.2 Å². The molecule has 20 heavy (non-hydrogen) atoms. The third kappa shape index (κ3) is 3.31. The molecule has 0 bridgehead atoms. The van der Waals surface area contributed by atoms with Crippen LogP contribution in [-0.2, 0) is 6.42 Å². The zero-order valence-electron chi connectivity index (χ0n) is 12.0. The number of nitrogens with zero attached hydrogens (tertiary/aromatic N) is 1. The van der Waals surface area contributed by atoms with E-state index in [1.807, 2.05) is 32.2 Å². The molecular weight excluding hydrogens is 250 g/mol. The van der Waals surface area contributed by atoms with E-state index in [0.29, 0.717) is 5.56 Å². The molecule has 0 heterocycles. The fraction of sp³-hybridized carbons (Fsp3) is 0.294. The Bertz CT molecular complexity index is 534. The first-order chi connectivity index (χ1) is 9.59. The Morgan fingerprint density at radius 1 is 0.950 bits per heavy atom. The fourth-order valence-electron chi connectivity index (χ4n) is 2.33. The van der Waals surface area contributed by atoms with E-state index < -0.39 is 0 Å². The zero-order valence-corrected chi connectivity index (χ0v) is 12.0. The average molecular weight is 271 g/mol. The maximum absolute atomic E-state index is 9.91. The fourth-order valence-corrected chi connectivity index (χ4v) is 2.33. The van der Waals surface area contributed by atoms with Gasteiger partial charge in [-0.25, -0.2) is 0 Å².